The first-order chi connectivity index (χ1) is 12.4. The molecule has 0 spiro atoms. The van der Waals surface area contributed by atoms with Crippen molar-refractivity contribution >= 4 is 16.0 Å². The first-order valence-electron chi connectivity index (χ1n) is 7.96. The third kappa shape index (κ3) is 4.09. The second kappa shape index (κ2) is 7.52. The predicted molar refractivity (Wildman–Crippen MR) is 89.0 cm³/mol. The van der Waals surface area contributed by atoms with Crippen LogP contribution in [0.25, 0.3) is 0 Å². The monoisotopic (exact) mass is 383 g/mol. The maximum Gasteiger partial charge on any atom is 0.325 e. The maximum absolute atomic E-state index is 13.1. The molecule has 2 heterocycles. The van der Waals surface area contributed by atoms with Gasteiger partial charge < -0.3 is 9.63 Å². The largest absolute Gasteiger partial charge is 0.480 e. The molecule has 0 saturated carbocycles. The molecule has 1 N–H and O–H groups in total. The molecule has 1 unspecified atom stereocenters. The molecular formula is C16H18FN3O5S. The molecule has 1 atom stereocenters. The summed E-state index contributed by atoms with van der Waals surface area (Å²) in [4.78, 5) is 13.4. The number of carbonyl (C=O) groups is 1. The number of hydrogen-bond acceptors (Lipinski definition) is 6. The Morgan fingerprint density at radius 2 is 1.85 bits per heavy atom. The summed E-state index contributed by atoms with van der Waals surface area (Å²) in [6.45, 7) is 0.856. The number of aliphatic carboxylic acids is 1. The molecular weight excluding hydrogens is 365 g/mol. The van der Waals surface area contributed by atoms with Crippen molar-refractivity contribution in [1.82, 2.24) is 14.4 Å². The topological polar surface area (TPSA) is 104 Å². The Hall–Kier alpha value is -2.30. The number of aromatic nitrogens is 1. The molecule has 1 aromatic heterocycles. The van der Waals surface area contributed by atoms with E-state index in [-0.39, 0.29) is 31.9 Å². The summed E-state index contributed by atoms with van der Waals surface area (Å²) in [6, 6.07) is 5.83. The first kappa shape index (κ1) is 18.5. The van der Waals surface area contributed by atoms with Gasteiger partial charge in [0.2, 0.25) is 10.0 Å². The van der Waals surface area contributed by atoms with Crippen LogP contribution in [0.4, 0.5) is 4.39 Å². The number of halogens is 1. The lowest BCUT2D eigenvalue weighted by Crippen LogP contribution is -2.51. The van der Waals surface area contributed by atoms with E-state index in [1.54, 1.807) is 4.90 Å². The Balaban J connectivity index is 1.68. The third-order valence-electron chi connectivity index (χ3n) is 4.27. The van der Waals surface area contributed by atoms with Crippen LogP contribution in [-0.2, 0) is 20.6 Å². The highest BCUT2D eigenvalue weighted by Gasteiger charge is 2.34. The van der Waals surface area contributed by atoms with E-state index in [0.29, 0.717) is 11.3 Å². The fourth-order valence-electron chi connectivity index (χ4n) is 2.98. The van der Waals surface area contributed by atoms with E-state index in [2.05, 4.69) is 9.68 Å². The van der Waals surface area contributed by atoms with Gasteiger partial charge in [-0.05, 0) is 17.7 Å². The molecule has 1 fully saturated rings. The number of piperazine rings is 1. The number of hydrogen-bond donors (Lipinski definition) is 1. The van der Waals surface area contributed by atoms with Crippen molar-refractivity contribution in [3.63, 3.8) is 0 Å². The first-order valence-corrected chi connectivity index (χ1v) is 9.57. The summed E-state index contributed by atoms with van der Waals surface area (Å²) < 4.78 is 43.9. The quantitative estimate of drug-likeness (QED) is 0.796. The van der Waals surface area contributed by atoms with E-state index in [1.807, 2.05) is 0 Å². The van der Waals surface area contributed by atoms with Gasteiger partial charge in [-0.1, -0.05) is 17.3 Å². The molecule has 0 amide bonds. The molecule has 140 valence electrons. The molecule has 10 heteroatoms. The Labute approximate surface area is 149 Å². The molecule has 1 aliphatic heterocycles. The lowest BCUT2D eigenvalue weighted by molar-refractivity contribution is -0.144. The highest BCUT2D eigenvalue weighted by Crippen LogP contribution is 2.24. The fraction of sp³-hybridized carbons (Fsp3) is 0.375. The third-order valence-corrected chi connectivity index (χ3v) is 6.09. The lowest BCUT2D eigenvalue weighted by Gasteiger charge is -2.37. The number of carboxylic acid groups (broad SMARTS) is 1. The predicted octanol–water partition coefficient (Wildman–Crippen LogP) is 1.09. The Kier molecular flexibility index (Phi) is 5.35. The Morgan fingerprint density at radius 3 is 2.38 bits per heavy atom. The van der Waals surface area contributed by atoms with Crippen molar-refractivity contribution < 1.29 is 27.2 Å². The molecule has 8 nitrogen and oxygen atoms in total. The van der Waals surface area contributed by atoms with Gasteiger partial charge in [-0.25, -0.2) is 12.8 Å². The van der Waals surface area contributed by atoms with Crippen molar-refractivity contribution in [3.8, 4) is 0 Å². The summed E-state index contributed by atoms with van der Waals surface area (Å²) in [6.07, 6.45) is 1.31. The van der Waals surface area contributed by atoms with Gasteiger partial charge in [0.05, 0.1) is 5.69 Å². The van der Waals surface area contributed by atoms with Gasteiger partial charge >= 0.3 is 5.97 Å². The molecule has 2 aromatic rings. The Bertz CT molecular complexity index is 847. The molecule has 1 aromatic carbocycles. The van der Waals surface area contributed by atoms with Crippen molar-refractivity contribution in [1.29, 1.82) is 0 Å². The summed E-state index contributed by atoms with van der Waals surface area (Å²) in [5, 5.41) is 13.2. The van der Waals surface area contributed by atoms with E-state index >= 15 is 0 Å². The average molecular weight is 383 g/mol. The van der Waals surface area contributed by atoms with E-state index in [1.165, 1.54) is 40.9 Å². The van der Waals surface area contributed by atoms with E-state index in [0.717, 1.165) is 0 Å². The standard InChI is InChI=1S/C16H18FN3O5S/c17-13-3-1-12(2-4-13)15(16(21)22)19-6-8-20(9-7-19)26(23,24)11-14-5-10-25-18-14/h1-5,10,15H,6-9,11H2,(H,21,22). The second-order valence-electron chi connectivity index (χ2n) is 5.97. The highest BCUT2D eigenvalue weighted by atomic mass is 32.2. The minimum Gasteiger partial charge on any atom is -0.480 e. The summed E-state index contributed by atoms with van der Waals surface area (Å²) in [5.74, 6) is -1.76. The van der Waals surface area contributed by atoms with Gasteiger partial charge in [0.25, 0.3) is 0 Å². The molecule has 1 saturated heterocycles. The smallest absolute Gasteiger partial charge is 0.325 e. The SMILES string of the molecule is O=C(O)C(c1ccc(F)cc1)N1CCN(S(=O)(=O)Cc2ccon2)CC1. The van der Waals surface area contributed by atoms with E-state index in [9.17, 15) is 22.7 Å². The normalized spacial score (nSPS) is 17.9. The van der Waals surface area contributed by atoms with Crippen molar-refractivity contribution in [2.75, 3.05) is 26.2 Å². The molecule has 3 rings (SSSR count). The zero-order chi connectivity index (χ0) is 18.7. The molecule has 0 bridgehead atoms. The zero-order valence-corrected chi connectivity index (χ0v) is 14.6. The van der Waals surface area contributed by atoms with Crippen LogP contribution in [0.2, 0.25) is 0 Å². The van der Waals surface area contributed by atoms with Crippen LogP contribution in [0.5, 0.6) is 0 Å². The van der Waals surface area contributed by atoms with Gasteiger partial charge in [-0.15, -0.1) is 0 Å². The van der Waals surface area contributed by atoms with Crippen LogP contribution >= 0.6 is 0 Å². The fourth-order valence-corrected chi connectivity index (χ4v) is 4.41. The minimum atomic E-state index is -3.56. The van der Waals surface area contributed by atoms with Gasteiger partial charge in [-0.2, -0.15) is 4.31 Å². The van der Waals surface area contributed by atoms with Crippen molar-refractivity contribution in [3.05, 3.63) is 53.7 Å². The maximum atomic E-state index is 13.1. The highest BCUT2D eigenvalue weighted by molar-refractivity contribution is 7.88. The van der Waals surface area contributed by atoms with Crippen LogP contribution in [0.1, 0.15) is 17.3 Å². The van der Waals surface area contributed by atoms with Crippen LogP contribution < -0.4 is 0 Å². The molecule has 0 radical (unpaired) electrons. The molecule has 0 aliphatic carbocycles. The number of carboxylic acids is 1. The van der Waals surface area contributed by atoms with Gasteiger partial charge in [0.1, 0.15) is 23.9 Å². The second-order valence-corrected chi connectivity index (χ2v) is 7.94. The van der Waals surface area contributed by atoms with E-state index < -0.39 is 27.9 Å². The minimum absolute atomic E-state index is 0.172. The van der Waals surface area contributed by atoms with Crippen LogP contribution in [0.3, 0.4) is 0 Å². The van der Waals surface area contributed by atoms with E-state index in [4.69, 9.17) is 0 Å². The zero-order valence-electron chi connectivity index (χ0n) is 13.8. The van der Waals surface area contributed by atoms with Crippen LogP contribution in [0, 0.1) is 5.82 Å². The van der Waals surface area contributed by atoms with Crippen LogP contribution in [-0.4, -0.2) is 60.0 Å². The summed E-state index contributed by atoms with van der Waals surface area (Å²) >= 11 is 0. The number of nitrogens with zero attached hydrogens (tertiary/aromatic N) is 3. The number of rotatable bonds is 6. The average Bonchev–Trinajstić information content (AvgIpc) is 3.09. The van der Waals surface area contributed by atoms with Gasteiger partial charge in [-0.3, -0.25) is 9.69 Å². The molecule has 1 aliphatic rings. The number of sulfonamides is 1. The Morgan fingerprint density at radius 1 is 1.19 bits per heavy atom. The van der Waals surface area contributed by atoms with Crippen molar-refractivity contribution in [2.45, 2.75) is 11.8 Å². The summed E-state index contributed by atoms with van der Waals surface area (Å²) in [5.41, 5.74) is 0.778. The van der Waals surface area contributed by atoms with Crippen molar-refractivity contribution in [2.24, 2.45) is 0 Å². The number of benzene rings is 1. The van der Waals surface area contributed by atoms with Gasteiger partial charge in [0.15, 0.2) is 0 Å². The van der Waals surface area contributed by atoms with Crippen LogP contribution in [0.15, 0.2) is 41.1 Å². The van der Waals surface area contributed by atoms with Gasteiger partial charge in [0, 0.05) is 32.2 Å². The molecule has 26 heavy (non-hydrogen) atoms. The lowest BCUT2D eigenvalue weighted by atomic mass is 10.0. The summed E-state index contributed by atoms with van der Waals surface area (Å²) in [7, 11) is -3.56.